The van der Waals surface area contributed by atoms with Crippen LogP contribution < -0.4 is 20.1 Å². The number of ether oxygens (including phenoxy) is 2. The number of rotatable bonds is 9. The summed E-state index contributed by atoms with van der Waals surface area (Å²) in [6.07, 6.45) is 3.84. The van der Waals surface area contributed by atoms with E-state index in [1.807, 2.05) is 0 Å². The van der Waals surface area contributed by atoms with Crippen LogP contribution in [0.25, 0.3) is 0 Å². The summed E-state index contributed by atoms with van der Waals surface area (Å²) in [6.45, 7) is 3.19. The number of hydrogen-bond acceptors (Lipinski definition) is 5. The van der Waals surface area contributed by atoms with Crippen LogP contribution in [0, 0.1) is 11.3 Å². The highest BCUT2D eigenvalue weighted by atomic mass is 19.3. The zero-order valence-electron chi connectivity index (χ0n) is 20.1. The summed E-state index contributed by atoms with van der Waals surface area (Å²) in [5.74, 6) is -0.432. The van der Waals surface area contributed by atoms with E-state index in [0.717, 1.165) is 24.2 Å². The average molecular weight is 482 g/mol. The summed E-state index contributed by atoms with van der Waals surface area (Å²) >= 11 is 0. The van der Waals surface area contributed by atoms with Crippen molar-refractivity contribution in [3.05, 3.63) is 23.8 Å². The Morgan fingerprint density at radius 3 is 2.53 bits per heavy atom. The van der Waals surface area contributed by atoms with Crippen LogP contribution in [0.5, 0.6) is 11.5 Å². The Morgan fingerprint density at radius 1 is 1.26 bits per heavy atom. The molecule has 1 aromatic rings. The van der Waals surface area contributed by atoms with Gasteiger partial charge in [-0.1, -0.05) is 33.3 Å². The molecular weight excluding hydrogens is 448 g/mol. The van der Waals surface area contributed by atoms with E-state index in [9.17, 15) is 23.2 Å². The number of benzene rings is 1. The van der Waals surface area contributed by atoms with E-state index < -0.39 is 30.6 Å². The van der Waals surface area contributed by atoms with Gasteiger partial charge < -0.3 is 20.1 Å². The van der Waals surface area contributed by atoms with Crippen LogP contribution in [0.2, 0.25) is 0 Å². The minimum Gasteiger partial charge on any atom is -0.493 e. The SMILES string of the molecule is CCC(C)(C)C1CCC2(CC1)NC(=O)N(CC(=O)NCc1ccc(OC)c(OC(F)F)c1)C2=O. The van der Waals surface area contributed by atoms with E-state index >= 15 is 0 Å². The third-order valence-electron chi connectivity index (χ3n) is 7.34. The number of hydrogen-bond donors (Lipinski definition) is 2. The smallest absolute Gasteiger partial charge is 0.387 e. The maximum Gasteiger partial charge on any atom is 0.387 e. The van der Waals surface area contributed by atoms with E-state index in [0.29, 0.717) is 24.3 Å². The zero-order valence-corrected chi connectivity index (χ0v) is 20.1. The van der Waals surface area contributed by atoms with Crippen LogP contribution >= 0.6 is 0 Å². The number of carbonyl (C=O) groups is 3. The van der Waals surface area contributed by atoms with Crippen LogP contribution in [0.4, 0.5) is 13.6 Å². The van der Waals surface area contributed by atoms with Gasteiger partial charge in [0.1, 0.15) is 12.1 Å². The van der Waals surface area contributed by atoms with Gasteiger partial charge in [0, 0.05) is 6.54 Å². The maximum atomic E-state index is 13.1. The van der Waals surface area contributed by atoms with Gasteiger partial charge in [-0.3, -0.25) is 14.5 Å². The number of halogens is 2. The molecule has 1 aliphatic heterocycles. The first kappa shape index (κ1) is 25.7. The molecule has 2 N–H and O–H groups in total. The Kier molecular flexibility index (Phi) is 7.67. The monoisotopic (exact) mass is 481 g/mol. The Bertz CT molecular complexity index is 929. The topological polar surface area (TPSA) is 97.0 Å². The molecule has 2 aliphatic rings. The number of alkyl halides is 2. The lowest BCUT2D eigenvalue weighted by Gasteiger charge is -2.42. The zero-order chi connectivity index (χ0) is 25.1. The van der Waals surface area contributed by atoms with E-state index in [1.165, 1.54) is 19.2 Å². The Balaban J connectivity index is 1.58. The summed E-state index contributed by atoms with van der Waals surface area (Å²) < 4.78 is 34.7. The molecule has 0 unspecified atom stereocenters. The average Bonchev–Trinajstić information content (AvgIpc) is 3.01. The van der Waals surface area contributed by atoms with E-state index in [1.54, 1.807) is 6.07 Å². The Hall–Kier alpha value is -2.91. The molecule has 4 amide bonds. The van der Waals surface area contributed by atoms with E-state index in [2.05, 4.69) is 36.1 Å². The minimum atomic E-state index is -3.02. The summed E-state index contributed by atoms with van der Waals surface area (Å²) in [6, 6.07) is 3.82. The lowest BCUT2D eigenvalue weighted by molar-refractivity contribution is -0.136. The van der Waals surface area contributed by atoms with Gasteiger partial charge in [-0.15, -0.1) is 0 Å². The van der Waals surface area contributed by atoms with Crippen LogP contribution in [0.3, 0.4) is 0 Å². The normalized spacial score (nSPS) is 22.8. The number of nitrogens with one attached hydrogen (secondary N) is 2. The molecule has 10 heteroatoms. The summed E-state index contributed by atoms with van der Waals surface area (Å²) in [4.78, 5) is 39.1. The standard InChI is InChI=1S/C24H33F2N3O5/c1-5-23(2,3)16-8-10-24(11-9-16)20(31)29(22(32)28-24)14-19(30)27-13-15-6-7-17(33-4)18(12-15)34-21(25)26/h6-7,12,16,21H,5,8-11,13-14H2,1-4H3,(H,27,30)(H,28,32). The van der Waals surface area contributed by atoms with E-state index in [4.69, 9.17) is 4.74 Å². The van der Waals surface area contributed by atoms with Crippen molar-refractivity contribution in [3.63, 3.8) is 0 Å². The van der Waals surface area contributed by atoms with Crippen molar-refractivity contribution >= 4 is 17.8 Å². The quantitative estimate of drug-likeness (QED) is 0.523. The van der Waals surface area contributed by atoms with Gasteiger partial charge in [-0.2, -0.15) is 8.78 Å². The molecule has 1 heterocycles. The van der Waals surface area contributed by atoms with Gasteiger partial charge in [0.05, 0.1) is 7.11 Å². The molecule has 0 aromatic heterocycles. The first-order valence-electron chi connectivity index (χ1n) is 11.5. The highest BCUT2D eigenvalue weighted by Crippen LogP contribution is 2.45. The number of amides is 4. The first-order chi connectivity index (χ1) is 16.0. The van der Waals surface area contributed by atoms with Gasteiger partial charge in [0.2, 0.25) is 5.91 Å². The van der Waals surface area contributed by atoms with Gasteiger partial charge >= 0.3 is 12.6 Å². The summed E-state index contributed by atoms with van der Waals surface area (Å²) in [7, 11) is 1.33. The van der Waals surface area contributed by atoms with Crippen LogP contribution in [-0.4, -0.2) is 48.6 Å². The van der Waals surface area contributed by atoms with Crippen molar-refractivity contribution in [1.29, 1.82) is 0 Å². The second-order valence-corrected chi connectivity index (χ2v) is 9.66. The number of carbonyl (C=O) groups excluding carboxylic acids is 3. The third kappa shape index (κ3) is 5.42. The molecule has 1 spiro atoms. The first-order valence-corrected chi connectivity index (χ1v) is 11.5. The molecule has 34 heavy (non-hydrogen) atoms. The second kappa shape index (κ2) is 10.1. The summed E-state index contributed by atoms with van der Waals surface area (Å²) in [5.41, 5.74) is -0.265. The lowest BCUT2D eigenvalue weighted by atomic mass is 9.65. The molecule has 3 rings (SSSR count). The summed E-state index contributed by atoms with van der Waals surface area (Å²) in [5, 5.41) is 5.45. The molecule has 1 aromatic carbocycles. The fourth-order valence-corrected chi connectivity index (χ4v) is 4.76. The predicted molar refractivity (Wildman–Crippen MR) is 120 cm³/mol. The van der Waals surface area contributed by atoms with Crippen molar-refractivity contribution in [2.24, 2.45) is 11.3 Å². The molecule has 0 atom stereocenters. The van der Waals surface area contributed by atoms with Gasteiger partial charge in [0.25, 0.3) is 5.91 Å². The number of methoxy groups -OCH3 is 1. The van der Waals surface area contributed by atoms with Gasteiger partial charge in [0.15, 0.2) is 11.5 Å². The molecule has 0 bridgehead atoms. The highest BCUT2D eigenvalue weighted by molar-refractivity contribution is 6.09. The van der Waals surface area contributed by atoms with E-state index in [-0.39, 0.29) is 29.4 Å². The van der Waals surface area contributed by atoms with Gasteiger partial charge in [-0.05, 0) is 54.7 Å². The predicted octanol–water partition coefficient (Wildman–Crippen LogP) is 3.83. The molecule has 2 fully saturated rings. The molecule has 8 nitrogen and oxygen atoms in total. The Morgan fingerprint density at radius 2 is 1.94 bits per heavy atom. The lowest BCUT2D eigenvalue weighted by Crippen LogP contribution is -2.51. The fourth-order valence-electron chi connectivity index (χ4n) is 4.76. The molecular formula is C24H33F2N3O5. The molecule has 188 valence electrons. The van der Waals surface area contributed by atoms with Crippen molar-refractivity contribution < 1.29 is 32.6 Å². The van der Waals surface area contributed by atoms with Gasteiger partial charge in [-0.25, -0.2) is 4.79 Å². The minimum absolute atomic E-state index is 0.00496. The molecule has 1 aliphatic carbocycles. The third-order valence-corrected chi connectivity index (χ3v) is 7.34. The highest BCUT2D eigenvalue weighted by Gasteiger charge is 2.53. The molecule has 0 radical (unpaired) electrons. The van der Waals surface area contributed by atoms with Crippen molar-refractivity contribution in [3.8, 4) is 11.5 Å². The number of urea groups is 1. The molecule has 1 saturated heterocycles. The molecule has 1 saturated carbocycles. The van der Waals surface area contributed by atoms with Crippen molar-refractivity contribution in [1.82, 2.24) is 15.5 Å². The van der Waals surface area contributed by atoms with Crippen LogP contribution in [0.15, 0.2) is 18.2 Å². The largest absolute Gasteiger partial charge is 0.493 e. The van der Waals surface area contributed by atoms with Crippen molar-refractivity contribution in [2.45, 2.75) is 71.6 Å². The van der Waals surface area contributed by atoms with Crippen LogP contribution in [0.1, 0.15) is 58.4 Å². The maximum absolute atomic E-state index is 13.1. The Labute approximate surface area is 198 Å². The van der Waals surface area contributed by atoms with Crippen LogP contribution in [-0.2, 0) is 16.1 Å². The second-order valence-electron chi connectivity index (χ2n) is 9.66. The van der Waals surface area contributed by atoms with Crippen molar-refractivity contribution in [2.75, 3.05) is 13.7 Å². The number of imide groups is 1. The number of nitrogens with zero attached hydrogens (tertiary/aromatic N) is 1. The fraction of sp³-hybridized carbons (Fsp3) is 0.625.